The molecule has 2 heterocycles. The van der Waals surface area contributed by atoms with Crippen LogP contribution in [0.4, 0.5) is 0 Å². The molecule has 1 aromatic carbocycles. The zero-order valence-corrected chi connectivity index (χ0v) is 22.2. The number of amides is 2. The highest BCUT2D eigenvalue weighted by atomic mass is 32.2. The third kappa shape index (κ3) is 7.65. The quantitative estimate of drug-likeness (QED) is 0.527. The van der Waals surface area contributed by atoms with E-state index in [1.807, 2.05) is 0 Å². The number of thioether (sulfide) groups is 2. The topological polar surface area (TPSA) is 158 Å². The molecule has 0 saturated heterocycles. The predicted molar refractivity (Wildman–Crippen MR) is 140 cm³/mol. The minimum Gasteiger partial charge on any atom is -0.464 e. The lowest BCUT2D eigenvalue weighted by atomic mass is 10.1. The van der Waals surface area contributed by atoms with Crippen molar-refractivity contribution < 1.29 is 38.2 Å². The molecule has 0 spiro atoms. The summed E-state index contributed by atoms with van der Waals surface area (Å²) in [5, 5.41) is 4.14. The van der Waals surface area contributed by atoms with Crippen LogP contribution in [0.5, 0.6) is 0 Å². The van der Waals surface area contributed by atoms with Crippen molar-refractivity contribution in [3.63, 3.8) is 0 Å². The lowest BCUT2D eigenvalue weighted by Gasteiger charge is -2.18. The summed E-state index contributed by atoms with van der Waals surface area (Å²) in [7, 11) is 0. The van der Waals surface area contributed by atoms with Gasteiger partial charge in [0.25, 0.3) is 11.8 Å². The Bertz CT molecular complexity index is 1170. The van der Waals surface area contributed by atoms with Gasteiger partial charge in [-0.3, -0.25) is 19.2 Å². The monoisotopic (exact) mass is 559 g/mol. The number of carbonyl (C=O) groups excluding carboxylic acids is 6. The maximum absolute atomic E-state index is 12.9. The molecule has 38 heavy (non-hydrogen) atoms. The van der Waals surface area contributed by atoms with Crippen molar-refractivity contribution in [1.82, 2.24) is 15.6 Å². The second-order valence-corrected chi connectivity index (χ2v) is 9.73. The first-order chi connectivity index (χ1) is 18.2. The molecule has 11 nitrogen and oxygen atoms in total. The highest BCUT2D eigenvalue weighted by molar-refractivity contribution is 8.14. The van der Waals surface area contributed by atoms with Crippen LogP contribution in [0.15, 0.2) is 42.5 Å². The lowest BCUT2D eigenvalue weighted by molar-refractivity contribution is -0.145. The van der Waals surface area contributed by atoms with Crippen LogP contribution in [0, 0.1) is 0 Å². The Morgan fingerprint density at radius 1 is 0.789 bits per heavy atom. The minimum atomic E-state index is -1.19. The molecule has 0 aliphatic carbocycles. The van der Waals surface area contributed by atoms with Gasteiger partial charge in [0.1, 0.15) is 23.5 Å². The number of nitrogens with one attached hydrogen (secondary N) is 2. The van der Waals surface area contributed by atoms with E-state index in [9.17, 15) is 28.8 Å². The van der Waals surface area contributed by atoms with E-state index in [2.05, 4.69) is 15.6 Å². The molecule has 4 bridgehead atoms. The van der Waals surface area contributed by atoms with Crippen molar-refractivity contribution in [3.8, 4) is 0 Å². The van der Waals surface area contributed by atoms with Crippen molar-refractivity contribution in [2.45, 2.75) is 25.9 Å². The molecule has 0 unspecified atom stereocenters. The molecule has 3 rings (SSSR count). The number of esters is 2. The first-order valence-electron chi connectivity index (χ1n) is 11.6. The third-order valence-electron chi connectivity index (χ3n) is 5.06. The fourth-order valence-corrected chi connectivity index (χ4v) is 4.89. The van der Waals surface area contributed by atoms with Crippen molar-refractivity contribution in [2.24, 2.45) is 0 Å². The SMILES string of the molecule is CCOC(=O)[C@H]1CSC(=O)c2cccc(c2)C(=O)SC[C@H](C(=O)OCC)NC(=O)c2cccc(n2)C(=O)N1. The Balaban J connectivity index is 1.99. The fraction of sp³-hybridized carbons (Fsp3) is 0.320. The van der Waals surface area contributed by atoms with Gasteiger partial charge in [-0.25, -0.2) is 14.6 Å². The second-order valence-electron chi connectivity index (χ2n) is 7.74. The number of carbonyl (C=O) groups is 6. The first kappa shape index (κ1) is 28.9. The molecule has 200 valence electrons. The number of nitrogens with zero attached hydrogens (tertiary/aromatic N) is 1. The van der Waals surface area contributed by atoms with E-state index in [4.69, 9.17) is 9.47 Å². The van der Waals surface area contributed by atoms with Gasteiger partial charge >= 0.3 is 11.9 Å². The molecular weight excluding hydrogens is 534 g/mol. The molecule has 1 aliphatic heterocycles. The zero-order chi connectivity index (χ0) is 27.7. The van der Waals surface area contributed by atoms with Crippen LogP contribution in [-0.2, 0) is 19.1 Å². The number of pyridine rings is 1. The molecule has 2 atom stereocenters. The molecule has 13 heteroatoms. The summed E-state index contributed by atoms with van der Waals surface area (Å²) in [5.74, 6) is -3.31. The summed E-state index contributed by atoms with van der Waals surface area (Å²) < 4.78 is 10.1. The van der Waals surface area contributed by atoms with Crippen LogP contribution in [-0.4, -0.2) is 75.8 Å². The highest BCUT2D eigenvalue weighted by Crippen LogP contribution is 2.20. The van der Waals surface area contributed by atoms with Crippen LogP contribution in [0.25, 0.3) is 0 Å². The predicted octanol–water partition coefficient (Wildman–Crippen LogP) is 1.87. The number of hydrogen-bond acceptors (Lipinski definition) is 11. The molecule has 0 radical (unpaired) electrons. The molecular formula is C25H25N3O8S2. The Labute approximate surface area is 226 Å². The van der Waals surface area contributed by atoms with Gasteiger partial charge in [-0.15, -0.1) is 0 Å². The summed E-state index contributed by atoms with van der Waals surface area (Å²) in [4.78, 5) is 80.5. The first-order valence-corrected chi connectivity index (χ1v) is 13.6. The molecule has 0 fully saturated rings. The van der Waals surface area contributed by atoms with Gasteiger partial charge in [-0.05, 0) is 32.0 Å². The Morgan fingerprint density at radius 3 is 1.63 bits per heavy atom. The number of fused-ring (bicyclic) bond motifs is 4. The van der Waals surface area contributed by atoms with Crippen LogP contribution in [0.1, 0.15) is 55.5 Å². The molecule has 0 saturated carbocycles. The Kier molecular flexibility index (Phi) is 10.4. The average molecular weight is 560 g/mol. The summed E-state index contributed by atoms with van der Waals surface area (Å²) in [6, 6.07) is 7.68. The van der Waals surface area contributed by atoms with E-state index in [0.717, 1.165) is 23.5 Å². The van der Waals surface area contributed by atoms with E-state index >= 15 is 0 Å². The van der Waals surface area contributed by atoms with E-state index in [0.29, 0.717) is 0 Å². The number of ether oxygens (including phenoxy) is 2. The molecule has 2 aromatic rings. The number of rotatable bonds is 4. The van der Waals surface area contributed by atoms with E-state index in [1.54, 1.807) is 13.8 Å². The van der Waals surface area contributed by atoms with Gasteiger partial charge in [-0.2, -0.15) is 0 Å². The minimum absolute atomic E-state index is 0.0567. The van der Waals surface area contributed by atoms with Gasteiger partial charge in [0.2, 0.25) is 10.2 Å². The standard InChI is InChI=1S/C25H25N3O8S2/c1-3-35-22(31)18-12-37-24(33)14-7-5-8-15(11-14)25(34)38-13-19(23(32)36-4-2)28-21(30)17-10-6-9-16(26-17)20(29)27-18/h5-11,18-19H,3-4,12-13H2,1-2H3,(H,27,29)(H,28,30)/t18-,19-/m1/s1. The van der Waals surface area contributed by atoms with E-state index < -0.39 is 46.1 Å². The maximum atomic E-state index is 12.9. The molecule has 1 aliphatic rings. The van der Waals surface area contributed by atoms with Crippen LogP contribution in [0.3, 0.4) is 0 Å². The normalized spacial score (nSPS) is 18.9. The molecule has 2 N–H and O–H groups in total. The van der Waals surface area contributed by atoms with Gasteiger partial charge in [0.05, 0.1) is 13.2 Å². The summed E-state index contributed by atoms with van der Waals surface area (Å²) in [5.41, 5.74) is 0.0749. The maximum Gasteiger partial charge on any atom is 0.329 e. The van der Waals surface area contributed by atoms with Crippen molar-refractivity contribution in [2.75, 3.05) is 24.7 Å². The van der Waals surface area contributed by atoms with E-state index in [-0.39, 0.29) is 47.2 Å². The number of benzene rings is 1. The Morgan fingerprint density at radius 2 is 1.21 bits per heavy atom. The summed E-state index contributed by atoms with van der Waals surface area (Å²) in [6.45, 7) is 3.32. The fourth-order valence-electron chi connectivity index (χ4n) is 3.23. The van der Waals surface area contributed by atoms with Crippen molar-refractivity contribution in [1.29, 1.82) is 0 Å². The summed E-state index contributed by atoms with van der Waals surface area (Å²) >= 11 is 1.55. The smallest absolute Gasteiger partial charge is 0.329 e. The van der Waals surface area contributed by atoms with E-state index in [1.165, 1.54) is 42.5 Å². The van der Waals surface area contributed by atoms with Gasteiger partial charge in [0.15, 0.2) is 0 Å². The second kappa shape index (κ2) is 13.7. The molecule has 1 aromatic heterocycles. The van der Waals surface area contributed by atoms with Crippen LogP contribution in [0.2, 0.25) is 0 Å². The number of hydrogen-bond donors (Lipinski definition) is 2. The lowest BCUT2D eigenvalue weighted by Crippen LogP contribution is -2.45. The Hall–Kier alpha value is -3.71. The number of aromatic nitrogens is 1. The molecule has 2 amide bonds. The van der Waals surface area contributed by atoms with Gasteiger partial charge in [0, 0.05) is 22.6 Å². The van der Waals surface area contributed by atoms with Gasteiger partial charge < -0.3 is 20.1 Å². The van der Waals surface area contributed by atoms with Crippen LogP contribution >= 0.6 is 23.5 Å². The van der Waals surface area contributed by atoms with Crippen LogP contribution < -0.4 is 10.6 Å². The highest BCUT2D eigenvalue weighted by Gasteiger charge is 2.28. The largest absolute Gasteiger partial charge is 0.464 e. The third-order valence-corrected chi connectivity index (χ3v) is 7.06. The summed E-state index contributed by atoms with van der Waals surface area (Å²) in [6.07, 6.45) is 0. The van der Waals surface area contributed by atoms with Crippen molar-refractivity contribution >= 4 is 57.5 Å². The van der Waals surface area contributed by atoms with Gasteiger partial charge in [-0.1, -0.05) is 47.8 Å². The average Bonchev–Trinajstić information content (AvgIpc) is 2.92. The zero-order valence-electron chi connectivity index (χ0n) is 20.6. The van der Waals surface area contributed by atoms with Crippen molar-refractivity contribution in [3.05, 3.63) is 65.0 Å².